The Morgan fingerprint density at radius 2 is 1.67 bits per heavy atom. The smallest absolute Gasteiger partial charge is 0.0372 e. The Labute approximate surface area is 131 Å². The minimum absolute atomic E-state index is 0.480. The molecular formula is C19H34N2. The van der Waals surface area contributed by atoms with E-state index in [0.29, 0.717) is 6.04 Å². The topological polar surface area (TPSA) is 24.9 Å². The lowest BCUT2D eigenvalue weighted by atomic mass is 10.0. The first-order valence-corrected chi connectivity index (χ1v) is 8.93. The Bertz CT molecular complexity index is 345. The van der Waals surface area contributed by atoms with Crippen LogP contribution in [-0.4, -0.2) is 11.5 Å². The van der Waals surface area contributed by atoms with Gasteiger partial charge in [-0.3, -0.25) is 4.98 Å². The quantitative estimate of drug-likeness (QED) is 0.509. The maximum absolute atomic E-state index is 4.45. The molecule has 120 valence electrons. The van der Waals surface area contributed by atoms with E-state index in [-0.39, 0.29) is 0 Å². The maximum atomic E-state index is 4.45. The summed E-state index contributed by atoms with van der Waals surface area (Å²) < 4.78 is 0. The van der Waals surface area contributed by atoms with E-state index in [1.54, 1.807) is 0 Å². The second-order valence-corrected chi connectivity index (χ2v) is 6.15. The molecule has 0 aliphatic heterocycles. The summed E-state index contributed by atoms with van der Waals surface area (Å²) in [6.45, 7) is 7.65. The van der Waals surface area contributed by atoms with Gasteiger partial charge in [0.05, 0.1) is 0 Å². The first kappa shape index (κ1) is 18.2. The van der Waals surface area contributed by atoms with Crippen molar-refractivity contribution >= 4 is 0 Å². The molecule has 2 heteroatoms. The van der Waals surface area contributed by atoms with Crippen LogP contribution in [0.2, 0.25) is 0 Å². The zero-order valence-electron chi connectivity index (χ0n) is 14.3. The standard InChI is InChI=1S/C19H34N2/c1-4-6-7-8-9-10-11-12-19(20-15-5-2)18-14-13-17(3)21-16-18/h13-14,16,19-20H,4-12,15H2,1-3H3. The van der Waals surface area contributed by atoms with Gasteiger partial charge in [-0.05, 0) is 37.9 Å². The monoisotopic (exact) mass is 290 g/mol. The second kappa shape index (κ2) is 11.7. The van der Waals surface area contributed by atoms with Gasteiger partial charge in [-0.15, -0.1) is 0 Å². The van der Waals surface area contributed by atoms with Crippen molar-refractivity contribution in [3.63, 3.8) is 0 Å². The van der Waals surface area contributed by atoms with Gasteiger partial charge in [0.2, 0.25) is 0 Å². The number of nitrogens with one attached hydrogen (secondary N) is 1. The van der Waals surface area contributed by atoms with Crippen molar-refractivity contribution in [3.8, 4) is 0 Å². The molecule has 1 aromatic rings. The van der Waals surface area contributed by atoms with Crippen molar-refractivity contribution in [2.75, 3.05) is 6.54 Å². The van der Waals surface area contributed by atoms with Crippen LogP contribution in [0.25, 0.3) is 0 Å². The van der Waals surface area contributed by atoms with Crippen LogP contribution in [0.4, 0.5) is 0 Å². The molecule has 0 aromatic carbocycles. The molecule has 1 N–H and O–H groups in total. The average molecular weight is 290 g/mol. The van der Waals surface area contributed by atoms with E-state index in [0.717, 1.165) is 12.2 Å². The summed E-state index contributed by atoms with van der Waals surface area (Å²) in [6, 6.07) is 4.84. The summed E-state index contributed by atoms with van der Waals surface area (Å²) in [5.74, 6) is 0. The molecular weight excluding hydrogens is 256 g/mol. The van der Waals surface area contributed by atoms with Crippen LogP contribution in [0, 0.1) is 6.92 Å². The lowest BCUT2D eigenvalue weighted by Crippen LogP contribution is -2.22. The molecule has 21 heavy (non-hydrogen) atoms. The Kier molecular flexibility index (Phi) is 10.1. The number of hydrogen-bond acceptors (Lipinski definition) is 2. The molecule has 1 heterocycles. The van der Waals surface area contributed by atoms with Crippen molar-refractivity contribution in [2.24, 2.45) is 0 Å². The van der Waals surface area contributed by atoms with E-state index in [9.17, 15) is 0 Å². The fraction of sp³-hybridized carbons (Fsp3) is 0.737. The highest BCUT2D eigenvalue weighted by Crippen LogP contribution is 2.20. The third-order valence-electron chi connectivity index (χ3n) is 4.07. The molecule has 1 atom stereocenters. The lowest BCUT2D eigenvalue weighted by Gasteiger charge is -2.19. The van der Waals surface area contributed by atoms with Crippen LogP contribution in [-0.2, 0) is 0 Å². The summed E-state index contributed by atoms with van der Waals surface area (Å²) >= 11 is 0. The van der Waals surface area contributed by atoms with Crippen LogP contribution in [0.5, 0.6) is 0 Å². The first-order chi connectivity index (χ1) is 10.3. The van der Waals surface area contributed by atoms with E-state index in [1.807, 2.05) is 6.20 Å². The molecule has 0 aliphatic rings. The highest BCUT2D eigenvalue weighted by atomic mass is 14.9. The van der Waals surface area contributed by atoms with Crippen molar-refractivity contribution in [1.29, 1.82) is 0 Å². The zero-order valence-corrected chi connectivity index (χ0v) is 14.3. The molecule has 1 rings (SSSR count). The lowest BCUT2D eigenvalue weighted by molar-refractivity contribution is 0.464. The molecule has 0 saturated heterocycles. The summed E-state index contributed by atoms with van der Waals surface area (Å²) in [4.78, 5) is 4.45. The number of hydrogen-bond donors (Lipinski definition) is 1. The van der Waals surface area contributed by atoms with E-state index < -0.39 is 0 Å². The Morgan fingerprint density at radius 3 is 2.29 bits per heavy atom. The number of unbranched alkanes of at least 4 members (excludes halogenated alkanes) is 6. The fourth-order valence-electron chi connectivity index (χ4n) is 2.70. The normalized spacial score (nSPS) is 12.5. The summed E-state index contributed by atoms with van der Waals surface area (Å²) in [7, 11) is 0. The second-order valence-electron chi connectivity index (χ2n) is 6.15. The molecule has 0 amide bonds. The Hall–Kier alpha value is -0.890. The van der Waals surface area contributed by atoms with Gasteiger partial charge in [0.25, 0.3) is 0 Å². The highest BCUT2D eigenvalue weighted by molar-refractivity contribution is 5.17. The molecule has 0 bridgehead atoms. The number of pyridine rings is 1. The third kappa shape index (κ3) is 8.21. The van der Waals surface area contributed by atoms with Crippen LogP contribution >= 0.6 is 0 Å². The molecule has 0 saturated carbocycles. The predicted molar refractivity (Wildman–Crippen MR) is 92.6 cm³/mol. The zero-order chi connectivity index (χ0) is 15.3. The van der Waals surface area contributed by atoms with Gasteiger partial charge in [-0.2, -0.15) is 0 Å². The van der Waals surface area contributed by atoms with Crippen molar-refractivity contribution < 1.29 is 0 Å². The maximum Gasteiger partial charge on any atom is 0.0372 e. The molecule has 0 fully saturated rings. The molecule has 2 nitrogen and oxygen atoms in total. The van der Waals surface area contributed by atoms with E-state index in [1.165, 1.54) is 63.4 Å². The van der Waals surface area contributed by atoms with Gasteiger partial charge in [-0.25, -0.2) is 0 Å². The summed E-state index contributed by atoms with van der Waals surface area (Å²) in [6.07, 6.45) is 14.1. The highest BCUT2D eigenvalue weighted by Gasteiger charge is 2.10. The van der Waals surface area contributed by atoms with Crippen LogP contribution in [0.1, 0.15) is 88.9 Å². The van der Waals surface area contributed by atoms with Gasteiger partial charge in [0.15, 0.2) is 0 Å². The molecule has 0 spiro atoms. The molecule has 1 aromatic heterocycles. The SMILES string of the molecule is CCCCCCCCCC(NCCC)c1ccc(C)nc1. The van der Waals surface area contributed by atoms with Gasteiger partial charge >= 0.3 is 0 Å². The minimum Gasteiger partial charge on any atom is -0.310 e. The van der Waals surface area contributed by atoms with E-state index >= 15 is 0 Å². The van der Waals surface area contributed by atoms with Crippen LogP contribution in [0.15, 0.2) is 18.3 Å². The van der Waals surface area contributed by atoms with Crippen molar-refractivity contribution in [1.82, 2.24) is 10.3 Å². The largest absolute Gasteiger partial charge is 0.310 e. The van der Waals surface area contributed by atoms with Crippen molar-refractivity contribution in [3.05, 3.63) is 29.6 Å². The molecule has 0 aliphatic carbocycles. The van der Waals surface area contributed by atoms with Crippen LogP contribution in [0.3, 0.4) is 0 Å². The van der Waals surface area contributed by atoms with Crippen LogP contribution < -0.4 is 5.32 Å². The molecule has 1 unspecified atom stereocenters. The third-order valence-corrected chi connectivity index (χ3v) is 4.07. The van der Waals surface area contributed by atoms with Crippen molar-refractivity contribution in [2.45, 2.75) is 84.6 Å². The van der Waals surface area contributed by atoms with Gasteiger partial charge < -0.3 is 5.32 Å². The van der Waals surface area contributed by atoms with Gasteiger partial charge in [-0.1, -0.05) is 64.9 Å². The number of aromatic nitrogens is 1. The van der Waals surface area contributed by atoms with E-state index in [2.05, 4.69) is 43.2 Å². The van der Waals surface area contributed by atoms with E-state index in [4.69, 9.17) is 0 Å². The number of rotatable bonds is 12. The Morgan fingerprint density at radius 1 is 0.952 bits per heavy atom. The van der Waals surface area contributed by atoms with Gasteiger partial charge in [0.1, 0.15) is 0 Å². The number of nitrogens with zero attached hydrogens (tertiary/aromatic N) is 1. The number of aryl methyl sites for hydroxylation is 1. The average Bonchev–Trinajstić information content (AvgIpc) is 2.50. The summed E-state index contributed by atoms with van der Waals surface area (Å²) in [5, 5.41) is 3.68. The minimum atomic E-state index is 0.480. The first-order valence-electron chi connectivity index (χ1n) is 8.93. The molecule has 0 radical (unpaired) electrons. The van der Waals surface area contributed by atoms with Gasteiger partial charge in [0, 0.05) is 17.9 Å². The Balaban J connectivity index is 2.31. The predicted octanol–water partition coefficient (Wildman–Crippen LogP) is 5.57. The summed E-state index contributed by atoms with van der Waals surface area (Å²) in [5.41, 5.74) is 2.45. The fourth-order valence-corrected chi connectivity index (χ4v) is 2.70.